The summed E-state index contributed by atoms with van der Waals surface area (Å²) in [6.07, 6.45) is 3.90. The summed E-state index contributed by atoms with van der Waals surface area (Å²) in [5.74, 6) is 1.13. The maximum absolute atomic E-state index is 5.69. The number of aryl methyl sites for hydroxylation is 1. The molecule has 82 valence electrons. The van der Waals surface area contributed by atoms with Crippen molar-refractivity contribution >= 4 is 5.69 Å². The van der Waals surface area contributed by atoms with Crippen LogP contribution in [0.2, 0.25) is 0 Å². The van der Waals surface area contributed by atoms with E-state index in [1.54, 1.807) is 0 Å². The van der Waals surface area contributed by atoms with Crippen molar-refractivity contribution in [3.05, 3.63) is 42.4 Å². The van der Waals surface area contributed by atoms with Gasteiger partial charge in [-0.1, -0.05) is 19.1 Å². The highest BCUT2D eigenvalue weighted by Crippen LogP contribution is 2.24. The number of rotatable bonds is 3. The van der Waals surface area contributed by atoms with Gasteiger partial charge in [-0.2, -0.15) is 4.98 Å². The van der Waals surface area contributed by atoms with Crippen LogP contribution in [-0.4, -0.2) is 9.97 Å². The molecule has 0 radical (unpaired) electrons. The van der Waals surface area contributed by atoms with Gasteiger partial charge in [0.1, 0.15) is 17.8 Å². The molecular weight excluding hydrogens is 202 g/mol. The zero-order chi connectivity index (χ0) is 11.4. The Bertz CT molecular complexity index is 485. The molecular formula is C12H13N3O. The topological polar surface area (TPSA) is 61.0 Å². The Labute approximate surface area is 94.1 Å². The third kappa shape index (κ3) is 2.28. The quantitative estimate of drug-likeness (QED) is 0.854. The highest BCUT2D eigenvalue weighted by Gasteiger charge is 2.03. The Morgan fingerprint density at radius 3 is 3.00 bits per heavy atom. The summed E-state index contributed by atoms with van der Waals surface area (Å²) in [5, 5.41) is 0. The maximum Gasteiger partial charge on any atom is 0.245 e. The van der Waals surface area contributed by atoms with Crippen molar-refractivity contribution in [2.75, 3.05) is 5.73 Å². The van der Waals surface area contributed by atoms with Gasteiger partial charge >= 0.3 is 0 Å². The van der Waals surface area contributed by atoms with Crippen molar-refractivity contribution in [2.24, 2.45) is 0 Å². The summed E-state index contributed by atoms with van der Waals surface area (Å²) >= 11 is 0. The van der Waals surface area contributed by atoms with Gasteiger partial charge in [-0.3, -0.25) is 0 Å². The molecule has 1 heterocycles. The van der Waals surface area contributed by atoms with Crippen LogP contribution in [0.15, 0.2) is 36.8 Å². The summed E-state index contributed by atoms with van der Waals surface area (Å²) in [5.41, 5.74) is 7.34. The lowest BCUT2D eigenvalue weighted by atomic mass is 10.2. The minimum absolute atomic E-state index is 0.392. The number of anilines is 1. The molecule has 0 unspecified atom stereocenters. The number of nitrogens with two attached hydrogens (primary N) is 1. The minimum Gasteiger partial charge on any atom is -0.437 e. The van der Waals surface area contributed by atoms with Crippen molar-refractivity contribution < 1.29 is 4.74 Å². The number of ether oxygens (including phenoxy) is 1. The summed E-state index contributed by atoms with van der Waals surface area (Å²) in [6, 6.07) is 7.85. The molecule has 0 saturated carbocycles. The van der Waals surface area contributed by atoms with E-state index in [1.165, 1.54) is 18.1 Å². The SMILES string of the molecule is CCc1cccc(Oc2ncncc2N)c1. The molecule has 0 aliphatic heterocycles. The van der Waals surface area contributed by atoms with Gasteiger partial charge in [-0.15, -0.1) is 0 Å². The van der Waals surface area contributed by atoms with Crippen LogP contribution in [0.5, 0.6) is 11.6 Å². The largest absolute Gasteiger partial charge is 0.437 e. The monoisotopic (exact) mass is 215 g/mol. The van der Waals surface area contributed by atoms with Gasteiger partial charge < -0.3 is 10.5 Å². The van der Waals surface area contributed by atoms with Crippen LogP contribution in [0, 0.1) is 0 Å². The first-order valence-electron chi connectivity index (χ1n) is 5.12. The third-order valence-corrected chi connectivity index (χ3v) is 2.22. The lowest BCUT2D eigenvalue weighted by Gasteiger charge is -2.07. The number of hydrogen-bond acceptors (Lipinski definition) is 4. The summed E-state index contributed by atoms with van der Waals surface area (Å²) < 4.78 is 5.58. The zero-order valence-electron chi connectivity index (χ0n) is 9.05. The van der Waals surface area contributed by atoms with Gasteiger partial charge in [0.2, 0.25) is 5.88 Å². The van der Waals surface area contributed by atoms with Gasteiger partial charge in [0.25, 0.3) is 0 Å². The first-order chi connectivity index (χ1) is 7.79. The van der Waals surface area contributed by atoms with E-state index in [-0.39, 0.29) is 0 Å². The Kier molecular flexibility index (Phi) is 3.00. The molecule has 0 spiro atoms. The van der Waals surface area contributed by atoms with Gasteiger partial charge in [0.05, 0.1) is 6.20 Å². The van der Waals surface area contributed by atoms with E-state index in [9.17, 15) is 0 Å². The molecule has 2 aromatic rings. The van der Waals surface area contributed by atoms with Crippen LogP contribution in [0.25, 0.3) is 0 Å². The molecule has 0 fully saturated rings. The van der Waals surface area contributed by atoms with Crippen LogP contribution in [0.1, 0.15) is 12.5 Å². The van der Waals surface area contributed by atoms with Crippen molar-refractivity contribution in [3.63, 3.8) is 0 Å². The summed E-state index contributed by atoms with van der Waals surface area (Å²) in [4.78, 5) is 7.77. The van der Waals surface area contributed by atoms with Crippen LogP contribution in [0.4, 0.5) is 5.69 Å². The Balaban J connectivity index is 2.24. The van der Waals surface area contributed by atoms with E-state index in [1.807, 2.05) is 18.2 Å². The van der Waals surface area contributed by atoms with Crippen molar-refractivity contribution in [2.45, 2.75) is 13.3 Å². The molecule has 16 heavy (non-hydrogen) atoms. The van der Waals surface area contributed by atoms with Crippen molar-refractivity contribution in [1.82, 2.24) is 9.97 Å². The van der Waals surface area contributed by atoms with E-state index < -0.39 is 0 Å². The molecule has 1 aromatic heterocycles. The molecule has 0 saturated heterocycles. The molecule has 0 aliphatic rings. The van der Waals surface area contributed by atoms with Crippen molar-refractivity contribution in [1.29, 1.82) is 0 Å². The van der Waals surface area contributed by atoms with Gasteiger partial charge in [0, 0.05) is 0 Å². The van der Waals surface area contributed by atoms with Crippen molar-refractivity contribution in [3.8, 4) is 11.6 Å². The third-order valence-electron chi connectivity index (χ3n) is 2.22. The minimum atomic E-state index is 0.392. The fraction of sp³-hybridized carbons (Fsp3) is 0.167. The second-order valence-electron chi connectivity index (χ2n) is 3.39. The fourth-order valence-corrected chi connectivity index (χ4v) is 1.35. The predicted octanol–water partition coefficient (Wildman–Crippen LogP) is 2.41. The number of aromatic nitrogens is 2. The number of nitrogen functional groups attached to an aromatic ring is 1. The van der Waals surface area contributed by atoms with Crippen LogP contribution in [-0.2, 0) is 6.42 Å². The normalized spacial score (nSPS) is 10.1. The molecule has 4 nitrogen and oxygen atoms in total. The molecule has 2 N–H and O–H groups in total. The Hall–Kier alpha value is -2.10. The molecule has 0 atom stereocenters. The average molecular weight is 215 g/mol. The average Bonchev–Trinajstić information content (AvgIpc) is 2.32. The Morgan fingerprint density at radius 2 is 2.25 bits per heavy atom. The van der Waals surface area contributed by atoms with Crippen LogP contribution in [0.3, 0.4) is 0 Å². The van der Waals surface area contributed by atoms with Gasteiger partial charge in [-0.25, -0.2) is 4.98 Å². The first-order valence-corrected chi connectivity index (χ1v) is 5.12. The maximum atomic E-state index is 5.69. The molecule has 1 aromatic carbocycles. The summed E-state index contributed by atoms with van der Waals surface area (Å²) in [7, 11) is 0. The standard InChI is InChI=1S/C12H13N3O/c1-2-9-4-3-5-10(6-9)16-12-11(13)7-14-8-15-12/h3-8H,2,13H2,1H3. The number of hydrogen-bond donors (Lipinski definition) is 1. The van der Waals surface area contributed by atoms with Gasteiger partial charge in [-0.05, 0) is 24.1 Å². The molecule has 0 amide bonds. The second kappa shape index (κ2) is 4.61. The van der Waals surface area contributed by atoms with E-state index in [2.05, 4.69) is 23.0 Å². The molecule has 2 rings (SSSR count). The molecule has 4 heteroatoms. The fourth-order valence-electron chi connectivity index (χ4n) is 1.35. The second-order valence-corrected chi connectivity index (χ2v) is 3.39. The molecule has 0 aliphatic carbocycles. The van der Waals surface area contributed by atoms with Crippen LogP contribution < -0.4 is 10.5 Å². The lowest BCUT2D eigenvalue weighted by molar-refractivity contribution is 0.463. The smallest absolute Gasteiger partial charge is 0.245 e. The van der Waals surface area contributed by atoms with Crippen LogP contribution >= 0.6 is 0 Å². The van der Waals surface area contributed by atoms with E-state index in [0.29, 0.717) is 11.6 Å². The van der Waals surface area contributed by atoms with E-state index in [0.717, 1.165) is 12.2 Å². The Morgan fingerprint density at radius 1 is 1.38 bits per heavy atom. The highest BCUT2D eigenvalue weighted by atomic mass is 16.5. The zero-order valence-corrected chi connectivity index (χ0v) is 9.05. The predicted molar refractivity (Wildman–Crippen MR) is 62.3 cm³/mol. The van der Waals surface area contributed by atoms with E-state index in [4.69, 9.17) is 10.5 Å². The summed E-state index contributed by atoms with van der Waals surface area (Å²) in [6.45, 7) is 2.10. The molecule has 0 bridgehead atoms. The lowest BCUT2D eigenvalue weighted by Crippen LogP contribution is -1.95. The highest BCUT2D eigenvalue weighted by molar-refractivity contribution is 5.47. The first kappa shape index (κ1) is 10.4. The van der Waals surface area contributed by atoms with Gasteiger partial charge in [0.15, 0.2) is 0 Å². The number of benzene rings is 1. The van der Waals surface area contributed by atoms with E-state index >= 15 is 0 Å². The number of nitrogens with zero attached hydrogens (tertiary/aromatic N) is 2.